The summed E-state index contributed by atoms with van der Waals surface area (Å²) in [6.07, 6.45) is 2.98. The number of hydroxylamine groups is 1. The van der Waals surface area contributed by atoms with E-state index in [0.717, 1.165) is 39.2 Å². The Morgan fingerprint density at radius 1 is 1.23 bits per heavy atom. The number of carbonyl (C=O) groups is 2. The maximum atomic E-state index is 13.0. The van der Waals surface area contributed by atoms with E-state index in [4.69, 9.17) is 4.84 Å². The molecule has 9 heteroatoms. The molecule has 2 N–H and O–H groups in total. The Bertz CT molecular complexity index is 982. The molecule has 2 aliphatic rings. The zero-order valence-electron chi connectivity index (χ0n) is 17.9. The average Bonchev–Trinajstić information content (AvgIpc) is 3.32. The van der Waals surface area contributed by atoms with Crippen molar-refractivity contribution in [2.45, 2.75) is 51.6 Å². The second-order valence-electron chi connectivity index (χ2n) is 8.82. The van der Waals surface area contributed by atoms with E-state index in [1.807, 2.05) is 24.3 Å². The van der Waals surface area contributed by atoms with E-state index in [0.29, 0.717) is 30.9 Å². The van der Waals surface area contributed by atoms with Crippen molar-refractivity contribution in [3.05, 3.63) is 38.5 Å². The van der Waals surface area contributed by atoms with E-state index < -0.39 is 6.17 Å². The van der Waals surface area contributed by atoms with E-state index in [1.54, 1.807) is 21.3 Å². The quantitative estimate of drug-likeness (QED) is 0.509. The number of benzene rings is 1. The van der Waals surface area contributed by atoms with Gasteiger partial charge in [-0.3, -0.25) is 4.79 Å². The molecular weight excluding hydrogens is 480 g/mol. The normalized spacial score (nSPS) is 18.4. The summed E-state index contributed by atoms with van der Waals surface area (Å²) >= 11 is 5.10. The number of anilines is 3. The minimum atomic E-state index is -0.393. The van der Waals surface area contributed by atoms with Crippen molar-refractivity contribution in [2.75, 3.05) is 28.8 Å². The van der Waals surface area contributed by atoms with E-state index in [9.17, 15) is 9.59 Å². The van der Waals surface area contributed by atoms with Gasteiger partial charge >= 0.3 is 6.09 Å². The lowest BCUT2D eigenvalue weighted by Crippen LogP contribution is -2.41. The summed E-state index contributed by atoms with van der Waals surface area (Å²) in [6.45, 7) is 7.80. The molecule has 1 fully saturated rings. The number of nitrogens with zero attached hydrogens (tertiary/aromatic N) is 2. The SMILES string of the molecule is CC(C)(C)c1ccc(NC=O)c2c1N[C@H](c1ccc(Br)s1)N2OC(=O)N1CCCCC1. The van der Waals surface area contributed by atoms with Gasteiger partial charge in [-0.1, -0.05) is 26.8 Å². The van der Waals surface area contributed by atoms with Gasteiger partial charge < -0.3 is 20.4 Å². The second-order valence-corrected chi connectivity index (χ2v) is 11.3. The number of rotatable bonds is 4. The fourth-order valence-corrected chi connectivity index (χ4v) is 5.53. The Hall–Kier alpha value is -2.26. The molecule has 0 radical (unpaired) electrons. The summed E-state index contributed by atoms with van der Waals surface area (Å²) in [5.41, 5.74) is 3.05. The number of thiophene rings is 1. The highest BCUT2D eigenvalue weighted by atomic mass is 79.9. The largest absolute Gasteiger partial charge is 0.434 e. The summed E-state index contributed by atoms with van der Waals surface area (Å²) in [6, 6.07) is 7.85. The first-order chi connectivity index (χ1) is 14.8. The molecule has 1 saturated heterocycles. The Labute approximate surface area is 194 Å². The van der Waals surface area contributed by atoms with Gasteiger partial charge in [-0.25, -0.2) is 4.79 Å². The first kappa shape index (κ1) is 22.0. The van der Waals surface area contributed by atoms with Crippen molar-refractivity contribution in [1.29, 1.82) is 0 Å². The summed E-state index contributed by atoms with van der Waals surface area (Å²) in [7, 11) is 0. The third-order valence-corrected chi connectivity index (χ3v) is 7.27. The van der Waals surface area contributed by atoms with Crippen molar-refractivity contribution in [2.24, 2.45) is 0 Å². The van der Waals surface area contributed by atoms with Gasteiger partial charge in [0, 0.05) is 13.1 Å². The lowest BCUT2D eigenvalue weighted by atomic mass is 9.85. The molecule has 3 heterocycles. The molecule has 0 saturated carbocycles. The Morgan fingerprint density at radius 2 is 1.97 bits per heavy atom. The average molecular weight is 507 g/mol. The van der Waals surface area contributed by atoms with Gasteiger partial charge in [-0.05, 0) is 64.4 Å². The summed E-state index contributed by atoms with van der Waals surface area (Å²) in [5, 5.41) is 7.95. The van der Waals surface area contributed by atoms with Crippen molar-refractivity contribution < 1.29 is 14.4 Å². The fraction of sp³-hybridized carbons (Fsp3) is 0.455. The van der Waals surface area contributed by atoms with Crippen molar-refractivity contribution in [1.82, 2.24) is 4.90 Å². The molecule has 2 amide bonds. The van der Waals surface area contributed by atoms with Gasteiger partial charge in [0.05, 0.1) is 20.0 Å². The van der Waals surface area contributed by atoms with Crippen LogP contribution in [0.4, 0.5) is 21.9 Å². The van der Waals surface area contributed by atoms with Gasteiger partial charge in [0.2, 0.25) is 6.41 Å². The third kappa shape index (κ3) is 4.39. The third-order valence-electron chi connectivity index (χ3n) is 5.59. The van der Waals surface area contributed by atoms with Gasteiger partial charge in [-0.15, -0.1) is 11.3 Å². The molecule has 1 atom stereocenters. The summed E-state index contributed by atoms with van der Waals surface area (Å²) in [5.74, 6) is 0. The predicted octanol–water partition coefficient (Wildman–Crippen LogP) is 5.84. The van der Waals surface area contributed by atoms with Crippen molar-refractivity contribution >= 4 is 56.8 Å². The Morgan fingerprint density at radius 3 is 2.58 bits per heavy atom. The van der Waals surface area contributed by atoms with E-state index >= 15 is 0 Å². The number of amides is 2. The predicted molar refractivity (Wildman–Crippen MR) is 128 cm³/mol. The molecular formula is C22H27BrN4O3S. The van der Waals surface area contributed by atoms with E-state index in [-0.39, 0.29) is 11.5 Å². The van der Waals surface area contributed by atoms with Gasteiger partial charge in [-0.2, -0.15) is 5.06 Å². The van der Waals surface area contributed by atoms with Crippen molar-refractivity contribution in [3.63, 3.8) is 0 Å². The summed E-state index contributed by atoms with van der Waals surface area (Å²) < 4.78 is 0.991. The number of likely N-dealkylation sites (tertiary alicyclic amines) is 1. The monoisotopic (exact) mass is 506 g/mol. The van der Waals surface area contributed by atoms with Crippen LogP contribution in [0.15, 0.2) is 28.1 Å². The maximum absolute atomic E-state index is 13.0. The van der Waals surface area contributed by atoms with Crippen LogP contribution in [0.2, 0.25) is 0 Å². The number of piperidine rings is 1. The lowest BCUT2D eigenvalue weighted by Gasteiger charge is -2.30. The van der Waals surface area contributed by atoms with Gasteiger partial charge in [0.25, 0.3) is 0 Å². The minimum Gasteiger partial charge on any atom is -0.356 e. The summed E-state index contributed by atoms with van der Waals surface area (Å²) in [4.78, 5) is 33.1. The minimum absolute atomic E-state index is 0.149. The highest BCUT2D eigenvalue weighted by molar-refractivity contribution is 9.11. The standard InChI is InChI=1S/C22H27BrN4O3S/c1-22(2,3)14-7-8-15(24-13-28)19-18(14)25-20(16-9-10-17(23)31-16)27(19)30-21(29)26-11-5-4-6-12-26/h7-10,13,20,25H,4-6,11-12H2,1-3H3,(H,24,28)/t20-/m0/s1. The molecule has 1 aromatic carbocycles. The van der Waals surface area contributed by atoms with Gasteiger partial charge in [0.1, 0.15) is 5.69 Å². The highest BCUT2D eigenvalue weighted by Gasteiger charge is 2.40. The molecule has 4 rings (SSSR count). The first-order valence-corrected chi connectivity index (χ1v) is 12.1. The number of carbonyl (C=O) groups excluding carboxylic acids is 2. The van der Waals surface area contributed by atoms with Crippen LogP contribution in [0.5, 0.6) is 0 Å². The van der Waals surface area contributed by atoms with Crippen LogP contribution in [0.1, 0.15) is 56.6 Å². The Balaban J connectivity index is 1.79. The van der Waals surface area contributed by atoms with Gasteiger partial charge in [0.15, 0.2) is 6.17 Å². The fourth-order valence-electron chi connectivity index (χ4n) is 4.07. The smallest absolute Gasteiger partial charge is 0.356 e. The van der Waals surface area contributed by atoms with E-state index in [2.05, 4.69) is 47.3 Å². The second kappa shape index (κ2) is 8.70. The first-order valence-electron chi connectivity index (χ1n) is 10.4. The van der Waals surface area contributed by atoms with Crippen LogP contribution >= 0.6 is 27.3 Å². The molecule has 0 unspecified atom stereocenters. The molecule has 7 nitrogen and oxygen atoms in total. The number of hydrogen-bond donors (Lipinski definition) is 2. The molecule has 0 spiro atoms. The molecule has 2 aliphatic heterocycles. The topological polar surface area (TPSA) is 73.9 Å². The van der Waals surface area contributed by atoms with Crippen LogP contribution in [0, 0.1) is 0 Å². The lowest BCUT2D eigenvalue weighted by molar-refractivity contribution is -0.105. The molecule has 0 aliphatic carbocycles. The van der Waals surface area contributed by atoms with Crippen LogP contribution in [-0.4, -0.2) is 30.5 Å². The number of fused-ring (bicyclic) bond motifs is 1. The van der Waals surface area contributed by atoms with Crippen LogP contribution < -0.4 is 15.7 Å². The Kier molecular flexibility index (Phi) is 6.16. The molecule has 166 valence electrons. The van der Waals surface area contributed by atoms with Crippen molar-refractivity contribution in [3.8, 4) is 0 Å². The highest BCUT2D eigenvalue weighted by Crippen LogP contribution is 2.51. The number of nitrogens with one attached hydrogen (secondary N) is 2. The molecule has 0 bridgehead atoms. The maximum Gasteiger partial charge on any atom is 0.434 e. The zero-order chi connectivity index (χ0) is 22.2. The van der Waals surface area contributed by atoms with Crippen LogP contribution in [-0.2, 0) is 15.0 Å². The van der Waals surface area contributed by atoms with E-state index in [1.165, 1.54) is 0 Å². The number of halogens is 1. The molecule has 31 heavy (non-hydrogen) atoms. The van der Waals surface area contributed by atoms with Crippen LogP contribution in [0.25, 0.3) is 0 Å². The molecule has 1 aromatic heterocycles. The van der Waals surface area contributed by atoms with Crippen LogP contribution in [0.3, 0.4) is 0 Å². The zero-order valence-corrected chi connectivity index (χ0v) is 20.3. The molecule has 2 aromatic rings. The number of hydrogen-bond acceptors (Lipinski definition) is 6.